The maximum absolute atomic E-state index is 11.9. The van der Waals surface area contributed by atoms with Gasteiger partial charge < -0.3 is 5.11 Å². The van der Waals surface area contributed by atoms with Crippen LogP contribution in [0, 0.1) is 11.8 Å². The standard InChI is InChI=1S/C11H18O2/c12-10-6-5-9(7-10)11(13)8-3-1-2-4-8/h8-10,12H,1-7H2/t9-,10-/m0/s1. The predicted molar refractivity (Wildman–Crippen MR) is 50.3 cm³/mol. The Morgan fingerprint density at radius 2 is 1.69 bits per heavy atom. The number of ketones is 1. The van der Waals surface area contributed by atoms with E-state index in [4.69, 9.17) is 0 Å². The van der Waals surface area contributed by atoms with E-state index in [9.17, 15) is 9.90 Å². The molecule has 2 nitrogen and oxygen atoms in total. The van der Waals surface area contributed by atoms with Crippen molar-refractivity contribution in [2.75, 3.05) is 0 Å². The molecule has 0 unspecified atom stereocenters. The summed E-state index contributed by atoms with van der Waals surface area (Å²) in [6.45, 7) is 0. The normalized spacial score (nSPS) is 35.5. The van der Waals surface area contributed by atoms with Gasteiger partial charge in [0.1, 0.15) is 5.78 Å². The SMILES string of the molecule is O=C(C1CCCC1)[C@H]1CC[C@H](O)C1. The fourth-order valence-corrected chi connectivity index (χ4v) is 2.76. The van der Waals surface area contributed by atoms with E-state index in [0.29, 0.717) is 11.7 Å². The quantitative estimate of drug-likeness (QED) is 0.708. The third-order valence-corrected chi connectivity index (χ3v) is 3.56. The van der Waals surface area contributed by atoms with Gasteiger partial charge in [0.2, 0.25) is 0 Å². The number of rotatable bonds is 2. The first kappa shape index (κ1) is 9.20. The highest BCUT2D eigenvalue weighted by molar-refractivity contribution is 5.83. The van der Waals surface area contributed by atoms with Crippen LogP contribution < -0.4 is 0 Å². The molecule has 13 heavy (non-hydrogen) atoms. The number of Topliss-reactive ketones (excluding diaryl/α,β-unsaturated/α-hetero) is 1. The first-order valence-corrected chi connectivity index (χ1v) is 5.49. The molecule has 0 aromatic rings. The van der Waals surface area contributed by atoms with Gasteiger partial charge in [-0.05, 0) is 32.1 Å². The van der Waals surface area contributed by atoms with Crippen molar-refractivity contribution in [3.05, 3.63) is 0 Å². The molecule has 0 aliphatic heterocycles. The van der Waals surface area contributed by atoms with Gasteiger partial charge in [-0.25, -0.2) is 0 Å². The van der Waals surface area contributed by atoms with Crippen LogP contribution in [0.4, 0.5) is 0 Å². The zero-order valence-electron chi connectivity index (χ0n) is 8.04. The number of aliphatic hydroxyl groups is 1. The topological polar surface area (TPSA) is 37.3 Å². The second-order valence-corrected chi connectivity index (χ2v) is 4.55. The van der Waals surface area contributed by atoms with E-state index in [1.807, 2.05) is 0 Å². The van der Waals surface area contributed by atoms with Gasteiger partial charge in [-0.3, -0.25) is 4.79 Å². The average molecular weight is 182 g/mol. The number of hydrogen-bond acceptors (Lipinski definition) is 2. The van der Waals surface area contributed by atoms with Crippen molar-refractivity contribution >= 4 is 5.78 Å². The summed E-state index contributed by atoms with van der Waals surface area (Å²) >= 11 is 0. The Hall–Kier alpha value is -0.370. The van der Waals surface area contributed by atoms with Crippen molar-refractivity contribution in [2.24, 2.45) is 11.8 Å². The zero-order chi connectivity index (χ0) is 9.26. The summed E-state index contributed by atoms with van der Waals surface area (Å²) in [6.07, 6.45) is 6.96. The Morgan fingerprint density at radius 1 is 1.00 bits per heavy atom. The fourth-order valence-electron chi connectivity index (χ4n) is 2.76. The Balaban J connectivity index is 1.89. The van der Waals surface area contributed by atoms with Crippen molar-refractivity contribution in [2.45, 2.75) is 51.0 Å². The molecule has 0 spiro atoms. The van der Waals surface area contributed by atoms with E-state index in [2.05, 4.69) is 0 Å². The van der Waals surface area contributed by atoms with Gasteiger partial charge in [0, 0.05) is 11.8 Å². The van der Waals surface area contributed by atoms with E-state index in [1.165, 1.54) is 12.8 Å². The summed E-state index contributed by atoms with van der Waals surface area (Å²) in [7, 11) is 0. The Morgan fingerprint density at radius 3 is 2.23 bits per heavy atom. The molecular weight excluding hydrogens is 164 g/mol. The Bertz CT molecular complexity index is 194. The van der Waals surface area contributed by atoms with Gasteiger partial charge in [0.05, 0.1) is 6.10 Å². The third-order valence-electron chi connectivity index (χ3n) is 3.56. The second kappa shape index (κ2) is 3.79. The molecular formula is C11H18O2. The monoisotopic (exact) mass is 182 g/mol. The summed E-state index contributed by atoms with van der Waals surface area (Å²) in [5.74, 6) is 0.988. The van der Waals surface area contributed by atoms with Crippen LogP contribution in [0.3, 0.4) is 0 Å². The Kier molecular flexibility index (Phi) is 2.68. The van der Waals surface area contributed by atoms with Crippen LogP contribution in [0.5, 0.6) is 0 Å². The first-order valence-electron chi connectivity index (χ1n) is 5.49. The average Bonchev–Trinajstić information content (AvgIpc) is 2.72. The second-order valence-electron chi connectivity index (χ2n) is 4.55. The number of aliphatic hydroxyl groups excluding tert-OH is 1. The summed E-state index contributed by atoms with van der Waals surface area (Å²) in [6, 6.07) is 0. The van der Waals surface area contributed by atoms with E-state index in [1.54, 1.807) is 0 Å². The molecule has 2 aliphatic rings. The maximum atomic E-state index is 11.9. The molecule has 2 heteroatoms. The van der Waals surface area contributed by atoms with Gasteiger partial charge in [0.25, 0.3) is 0 Å². The fraction of sp³-hybridized carbons (Fsp3) is 0.909. The van der Waals surface area contributed by atoms with Gasteiger partial charge in [0.15, 0.2) is 0 Å². The van der Waals surface area contributed by atoms with Crippen molar-refractivity contribution in [1.29, 1.82) is 0 Å². The highest BCUT2D eigenvalue weighted by atomic mass is 16.3. The molecule has 0 amide bonds. The molecule has 0 aromatic carbocycles. The molecule has 2 saturated carbocycles. The number of hydrogen-bond donors (Lipinski definition) is 1. The Labute approximate surface area is 79.3 Å². The molecule has 1 N–H and O–H groups in total. The molecule has 2 fully saturated rings. The summed E-state index contributed by atoms with van der Waals surface area (Å²) < 4.78 is 0. The molecule has 0 bridgehead atoms. The lowest BCUT2D eigenvalue weighted by atomic mass is 9.90. The molecule has 0 saturated heterocycles. The van der Waals surface area contributed by atoms with Crippen molar-refractivity contribution < 1.29 is 9.90 Å². The van der Waals surface area contributed by atoms with Crippen molar-refractivity contribution in [1.82, 2.24) is 0 Å². The highest BCUT2D eigenvalue weighted by Gasteiger charge is 2.33. The molecule has 2 atom stereocenters. The molecule has 2 rings (SSSR count). The van der Waals surface area contributed by atoms with Crippen LogP contribution in [0.15, 0.2) is 0 Å². The van der Waals surface area contributed by atoms with E-state index in [0.717, 1.165) is 32.1 Å². The van der Waals surface area contributed by atoms with Gasteiger partial charge in [-0.2, -0.15) is 0 Å². The van der Waals surface area contributed by atoms with Gasteiger partial charge >= 0.3 is 0 Å². The lowest BCUT2D eigenvalue weighted by Crippen LogP contribution is -2.20. The van der Waals surface area contributed by atoms with Crippen molar-refractivity contribution in [3.8, 4) is 0 Å². The van der Waals surface area contributed by atoms with E-state index < -0.39 is 0 Å². The molecule has 2 aliphatic carbocycles. The lowest BCUT2D eigenvalue weighted by Gasteiger charge is -2.13. The minimum absolute atomic E-state index is 0.193. The van der Waals surface area contributed by atoms with Crippen LogP contribution in [-0.4, -0.2) is 17.0 Å². The van der Waals surface area contributed by atoms with Crippen LogP contribution in [0.2, 0.25) is 0 Å². The van der Waals surface area contributed by atoms with Crippen LogP contribution in [0.25, 0.3) is 0 Å². The molecule has 74 valence electrons. The largest absolute Gasteiger partial charge is 0.393 e. The maximum Gasteiger partial charge on any atom is 0.139 e. The minimum Gasteiger partial charge on any atom is -0.393 e. The van der Waals surface area contributed by atoms with Crippen LogP contribution >= 0.6 is 0 Å². The molecule has 0 aromatic heterocycles. The first-order chi connectivity index (χ1) is 6.27. The summed E-state index contributed by atoms with van der Waals surface area (Å²) in [4.78, 5) is 11.9. The smallest absolute Gasteiger partial charge is 0.139 e. The summed E-state index contributed by atoms with van der Waals surface area (Å²) in [5, 5.41) is 9.34. The van der Waals surface area contributed by atoms with E-state index in [-0.39, 0.29) is 12.0 Å². The number of carbonyl (C=O) groups excluding carboxylic acids is 1. The minimum atomic E-state index is -0.199. The van der Waals surface area contributed by atoms with Gasteiger partial charge in [-0.1, -0.05) is 12.8 Å². The predicted octanol–water partition coefficient (Wildman–Crippen LogP) is 1.91. The lowest BCUT2D eigenvalue weighted by molar-refractivity contribution is -0.126. The molecule has 0 heterocycles. The van der Waals surface area contributed by atoms with Crippen LogP contribution in [0.1, 0.15) is 44.9 Å². The molecule has 0 radical (unpaired) electrons. The summed E-state index contributed by atoms with van der Waals surface area (Å²) in [5.41, 5.74) is 0. The van der Waals surface area contributed by atoms with Crippen LogP contribution in [-0.2, 0) is 4.79 Å². The van der Waals surface area contributed by atoms with E-state index >= 15 is 0 Å². The third kappa shape index (κ3) is 1.93. The highest BCUT2D eigenvalue weighted by Crippen LogP contribution is 2.34. The van der Waals surface area contributed by atoms with Crippen molar-refractivity contribution in [3.63, 3.8) is 0 Å². The number of carbonyl (C=O) groups is 1. The zero-order valence-corrected chi connectivity index (χ0v) is 8.04. The van der Waals surface area contributed by atoms with Gasteiger partial charge in [-0.15, -0.1) is 0 Å².